The standard InChI is InChI=1S/C22H36N4O2/c27-22(26-11-5-2-6-12-26)14-18-7-8-23-16-19(18)13-20-15-21(28-24-20)17-25-9-3-1-4-10-25/h15,18-19,23H,1-14,16-17H2/t18-,19-/m0/s1. The van der Waals surface area contributed by atoms with E-state index in [0.717, 1.165) is 57.0 Å². The molecule has 1 amide bonds. The summed E-state index contributed by atoms with van der Waals surface area (Å²) >= 11 is 0. The van der Waals surface area contributed by atoms with Gasteiger partial charge in [0.2, 0.25) is 5.91 Å². The molecule has 2 atom stereocenters. The molecule has 0 spiro atoms. The highest BCUT2D eigenvalue weighted by Crippen LogP contribution is 2.28. The van der Waals surface area contributed by atoms with Gasteiger partial charge in [-0.05, 0) is 83.0 Å². The molecule has 6 heteroatoms. The van der Waals surface area contributed by atoms with Crippen LogP contribution in [0.2, 0.25) is 0 Å². The lowest BCUT2D eigenvalue weighted by Crippen LogP contribution is -2.42. The normalized spacial score (nSPS) is 27.1. The maximum atomic E-state index is 12.8. The summed E-state index contributed by atoms with van der Waals surface area (Å²) in [6.07, 6.45) is 10.2. The van der Waals surface area contributed by atoms with Crippen molar-refractivity contribution in [1.82, 2.24) is 20.3 Å². The summed E-state index contributed by atoms with van der Waals surface area (Å²) in [6.45, 7) is 7.13. The first kappa shape index (κ1) is 19.9. The molecule has 6 nitrogen and oxygen atoms in total. The molecular formula is C22H36N4O2. The first-order valence-corrected chi connectivity index (χ1v) is 11.4. The fraction of sp³-hybridized carbons (Fsp3) is 0.818. The molecule has 0 unspecified atom stereocenters. The molecule has 3 aliphatic rings. The van der Waals surface area contributed by atoms with E-state index in [1.807, 2.05) is 0 Å². The maximum absolute atomic E-state index is 12.8. The number of piperidine rings is 3. The lowest BCUT2D eigenvalue weighted by atomic mass is 9.81. The van der Waals surface area contributed by atoms with Crippen LogP contribution in [0, 0.1) is 11.8 Å². The number of amides is 1. The van der Waals surface area contributed by atoms with Gasteiger partial charge in [-0.3, -0.25) is 9.69 Å². The van der Waals surface area contributed by atoms with Crippen molar-refractivity contribution < 1.29 is 9.32 Å². The van der Waals surface area contributed by atoms with Crippen LogP contribution in [0.5, 0.6) is 0 Å². The van der Waals surface area contributed by atoms with Crippen molar-refractivity contribution in [3.05, 3.63) is 17.5 Å². The van der Waals surface area contributed by atoms with E-state index in [4.69, 9.17) is 4.52 Å². The lowest BCUT2D eigenvalue weighted by Gasteiger charge is -2.34. The van der Waals surface area contributed by atoms with E-state index in [-0.39, 0.29) is 0 Å². The maximum Gasteiger partial charge on any atom is 0.222 e. The van der Waals surface area contributed by atoms with E-state index in [9.17, 15) is 4.79 Å². The topological polar surface area (TPSA) is 61.6 Å². The summed E-state index contributed by atoms with van der Waals surface area (Å²) in [5.74, 6) is 2.28. The summed E-state index contributed by atoms with van der Waals surface area (Å²) in [6, 6.07) is 2.15. The van der Waals surface area contributed by atoms with Crippen molar-refractivity contribution in [2.75, 3.05) is 39.3 Å². The van der Waals surface area contributed by atoms with Gasteiger partial charge in [0.1, 0.15) is 0 Å². The minimum atomic E-state index is 0.363. The van der Waals surface area contributed by atoms with E-state index < -0.39 is 0 Å². The number of nitrogens with one attached hydrogen (secondary N) is 1. The third kappa shape index (κ3) is 5.35. The van der Waals surface area contributed by atoms with Crippen LogP contribution >= 0.6 is 0 Å². The van der Waals surface area contributed by atoms with Crippen LogP contribution in [0.4, 0.5) is 0 Å². The molecule has 1 aromatic heterocycles. The van der Waals surface area contributed by atoms with Crippen LogP contribution < -0.4 is 5.32 Å². The van der Waals surface area contributed by atoms with Crippen LogP contribution in [-0.2, 0) is 17.8 Å². The van der Waals surface area contributed by atoms with E-state index in [1.165, 1.54) is 51.6 Å². The van der Waals surface area contributed by atoms with Gasteiger partial charge in [-0.2, -0.15) is 0 Å². The zero-order valence-corrected chi connectivity index (χ0v) is 17.2. The van der Waals surface area contributed by atoms with Gasteiger partial charge >= 0.3 is 0 Å². The van der Waals surface area contributed by atoms with Gasteiger partial charge < -0.3 is 14.7 Å². The quantitative estimate of drug-likeness (QED) is 0.812. The number of hydrogen-bond donors (Lipinski definition) is 1. The van der Waals surface area contributed by atoms with E-state index in [2.05, 4.69) is 26.3 Å². The minimum absolute atomic E-state index is 0.363. The SMILES string of the molecule is O=C(C[C@@H]1CCNC[C@@H]1Cc1cc(CN2CCCCC2)on1)N1CCCCC1. The third-order valence-corrected chi connectivity index (χ3v) is 6.82. The number of rotatable bonds is 6. The Hall–Kier alpha value is -1.40. The highest BCUT2D eigenvalue weighted by molar-refractivity contribution is 5.76. The highest BCUT2D eigenvalue weighted by Gasteiger charge is 2.30. The molecule has 0 saturated carbocycles. The Kier molecular flexibility index (Phi) is 7.02. The molecule has 1 N–H and O–H groups in total. The number of nitrogens with zero attached hydrogens (tertiary/aromatic N) is 3. The third-order valence-electron chi connectivity index (χ3n) is 6.82. The predicted molar refractivity (Wildman–Crippen MR) is 109 cm³/mol. The molecule has 156 valence electrons. The zero-order chi connectivity index (χ0) is 19.2. The van der Waals surface area contributed by atoms with Gasteiger partial charge in [-0.25, -0.2) is 0 Å². The molecule has 3 fully saturated rings. The second-order valence-electron chi connectivity index (χ2n) is 8.98. The Morgan fingerprint density at radius 2 is 1.82 bits per heavy atom. The van der Waals surface area contributed by atoms with Gasteiger partial charge in [-0.1, -0.05) is 11.6 Å². The Morgan fingerprint density at radius 1 is 1.07 bits per heavy atom. The molecule has 4 heterocycles. The number of carbonyl (C=O) groups is 1. The first-order chi connectivity index (χ1) is 13.8. The molecule has 1 aromatic rings. The van der Waals surface area contributed by atoms with E-state index in [1.54, 1.807) is 0 Å². The largest absolute Gasteiger partial charge is 0.360 e. The molecule has 0 aliphatic carbocycles. The van der Waals surface area contributed by atoms with Gasteiger partial charge in [0.25, 0.3) is 0 Å². The molecule has 4 rings (SSSR count). The fourth-order valence-corrected chi connectivity index (χ4v) is 5.11. The molecule has 0 bridgehead atoms. The summed E-state index contributed by atoms with van der Waals surface area (Å²) in [5, 5.41) is 7.87. The van der Waals surface area contributed by atoms with E-state index in [0.29, 0.717) is 24.2 Å². The van der Waals surface area contributed by atoms with Crippen LogP contribution in [0.15, 0.2) is 10.6 Å². The Labute approximate surface area is 169 Å². The zero-order valence-electron chi connectivity index (χ0n) is 17.2. The summed E-state index contributed by atoms with van der Waals surface area (Å²) < 4.78 is 5.63. The number of carbonyl (C=O) groups excluding carboxylic acids is 1. The molecule has 28 heavy (non-hydrogen) atoms. The summed E-state index contributed by atoms with van der Waals surface area (Å²) in [5.41, 5.74) is 1.05. The van der Waals surface area contributed by atoms with Crippen LogP contribution in [0.1, 0.15) is 62.8 Å². The number of hydrogen-bond acceptors (Lipinski definition) is 5. The molecule has 0 aromatic carbocycles. The van der Waals surface area contributed by atoms with Crippen LogP contribution in [0.3, 0.4) is 0 Å². The smallest absolute Gasteiger partial charge is 0.222 e. The molecular weight excluding hydrogens is 352 g/mol. The molecule has 0 radical (unpaired) electrons. The molecule has 3 saturated heterocycles. The van der Waals surface area contributed by atoms with Crippen molar-refractivity contribution >= 4 is 5.91 Å². The Morgan fingerprint density at radius 3 is 2.61 bits per heavy atom. The highest BCUT2D eigenvalue weighted by atomic mass is 16.5. The monoisotopic (exact) mass is 388 g/mol. The van der Waals surface area contributed by atoms with Crippen molar-refractivity contribution in [2.24, 2.45) is 11.8 Å². The fourth-order valence-electron chi connectivity index (χ4n) is 5.11. The lowest BCUT2D eigenvalue weighted by molar-refractivity contribution is -0.133. The second-order valence-corrected chi connectivity index (χ2v) is 8.98. The summed E-state index contributed by atoms with van der Waals surface area (Å²) in [7, 11) is 0. The van der Waals surface area contributed by atoms with E-state index >= 15 is 0 Å². The van der Waals surface area contributed by atoms with Crippen molar-refractivity contribution in [3.63, 3.8) is 0 Å². The summed E-state index contributed by atoms with van der Waals surface area (Å²) in [4.78, 5) is 17.3. The van der Waals surface area contributed by atoms with Gasteiger partial charge in [0.05, 0.1) is 12.2 Å². The van der Waals surface area contributed by atoms with Gasteiger partial charge in [0.15, 0.2) is 5.76 Å². The minimum Gasteiger partial charge on any atom is -0.360 e. The first-order valence-electron chi connectivity index (χ1n) is 11.4. The number of aromatic nitrogens is 1. The van der Waals surface area contributed by atoms with Crippen molar-refractivity contribution in [3.8, 4) is 0 Å². The van der Waals surface area contributed by atoms with Crippen LogP contribution in [0.25, 0.3) is 0 Å². The Balaban J connectivity index is 1.31. The second kappa shape index (κ2) is 9.88. The molecule has 3 aliphatic heterocycles. The average molecular weight is 389 g/mol. The van der Waals surface area contributed by atoms with Crippen molar-refractivity contribution in [2.45, 2.75) is 64.3 Å². The number of likely N-dealkylation sites (tertiary alicyclic amines) is 2. The Bertz CT molecular complexity index is 620. The van der Waals surface area contributed by atoms with Gasteiger partial charge in [-0.15, -0.1) is 0 Å². The predicted octanol–water partition coefficient (Wildman–Crippen LogP) is 2.83. The van der Waals surface area contributed by atoms with Gasteiger partial charge in [0, 0.05) is 25.6 Å². The average Bonchev–Trinajstić information content (AvgIpc) is 3.17. The van der Waals surface area contributed by atoms with Crippen LogP contribution in [-0.4, -0.2) is 60.1 Å². The van der Waals surface area contributed by atoms with Crippen molar-refractivity contribution in [1.29, 1.82) is 0 Å².